The minimum atomic E-state index is -3.46. The first-order valence-electron chi connectivity index (χ1n) is 18.1. The maximum Gasteiger partial charge on any atom is 0 e. The molecule has 8 aromatic rings. The van der Waals surface area contributed by atoms with Crippen LogP contribution in [0.5, 0.6) is 0 Å². The largest absolute Gasteiger partial charge is 0 e. The van der Waals surface area contributed by atoms with E-state index >= 15 is 0 Å². The van der Waals surface area contributed by atoms with E-state index in [0.717, 1.165) is 11.1 Å². The smallest absolute Gasteiger partial charge is 0 e. The van der Waals surface area contributed by atoms with E-state index in [0.29, 0.717) is 10.0 Å². The minimum absolute atomic E-state index is 0. The molecule has 0 saturated heterocycles. The second kappa shape index (κ2) is 15.2. The number of hydrogen-bond acceptors (Lipinski definition) is 0. The quantitative estimate of drug-likeness (QED) is 0.105. The van der Waals surface area contributed by atoms with E-state index in [2.05, 4.69) is 212 Å². The van der Waals surface area contributed by atoms with Crippen LogP contribution >= 0.6 is 37.7 Å². The zero-order valence-corrected chi connectivity index (χ0v) is 34.6. The van der Waals surface area contributed by atoms with Gasteiger partial charge < -0.3 is 0 Å². The van der Waals surface area contributed by atoms with Crippen LogP contribution < -0.4 is 31.8 Å². The minimum Gasteiger partial charge on any atom is 0 e. The Bertz CT molecular complexity index is 2200. The summed E-state index contributed by atoms with van der Waals surface area (Å²) in [6.45, 7) is 0. The summed E-state index contributed by atoms with van der Waals surface area (Å²) < 4.78 is 0. The number of fused-ring (bicyclic) bond motifs is 3. The van der Waals surface area contributed by atoms with E-state index in [9.17, 15) is 0 Å². The third-order valence-electron chi connectivity index (χ3n) is 11.5. The van der Waals surface area contributed by atoms with Crippen LogP contribution in [0.15, 0.2) is 218 Å². The van der Waals surface area contributed by atoms with E-state index in [-0.39, 0.29) is 19.5 Å². The molecule has 0 heterocycles. The summed E-state index contributed by atoms with van der Waals surface area (Å²) in [5.41, 5.74) is 4.78. The molecular formula is C49H38Cl2P2Ru. The molecule has 0 spiro atoms. The van der Waals surface area contributed by atoms with Crippen LogP contribution in [0.4, 0.5) is 0 Å². The monoisotopic (exact) mass is 860 g/mol. The van der Waals surface area contributed by atoms with Gasteiger partial charge in [0, 0.05) is 19.5 Å². The van der Waals surface area contributed by atoms with Crippen LogP contribution in [0.1, 0.15) is 11.1 Å². The summed E-state index contributed by atoms with van der Waals surface area (Å²) in [6.07, 6.45) is 0. The van der Waals surface area contributed by atoms with Gasteiger partial charge >= 0.3 is 325 Å². The third-order valence-corrected chi connectivity index (χ3v) is 25.0. The Morgan fingerprint density at radius 1 is 0.315 bits per heavy atom. The van der Waals surface area contributed by atoms with Gasteiger partial charge in [0.1, 0.15) is 0 Å². The Hall–Kier alpha value is -4.18. The Morgan fingerprint density at radius 3 is 0.944 bits per heavy atom. The summed E-state index contributed by atoms with van der Waals surface area (Å²) in [6, 6.07) is 81.4. The second-order valence-electron chi connectivity index (χ2n) is 13.8. The first-order valence-corrected chi connectivity index (χ1v) is 22.8. The maximum absolute atomic E-state index is 7.96. The topological polar surface area (TPSA) is 0 Å². The Labute approximate surface area is 342 Å². The Morgan fingerprint density at radius 2 is 0.611 bits per heavy atom. The molecule has 0 unspecified atom stereocenters. The van der Waals surface area contributed by atoms with Crippen LogP contribution in [0, 0.1) is 0 Å². The van der Waals surface area contributed by atoms with Crippen molar-refractivity contribution in [2.75, 3.05) is 0 Å². The van der Waals surface area contributed by atoms with Crippen molar-refractivity contribution in [3.63, 3.8) is 0 Å². The standard InChI is InChI=1S/C49H38Cl2P2.Ru/c50-46-36-35-44-43-33-19-20-34-45(43)49(47(44)48(46)51,52(37-21-7-1-8-22-37,38-23-9-2-10-24-38)39-25-11-3-12-26-39)53(40-27-13-4-14-28-40,41-29-15-5-16-30-41)42-31-17-6-18-32-42;/h1-36,52-53H;. The second-order valence-corrected chi connectivity index (χ2v) is 23.0. The van der Waals surface area contributed by atoms with Crippen LogP contribution in [0.2, 0.25) is 10.0 Å². The first-order chi connectivity index (χ1) is 26.2. The van der Waals surface area contributed by atoms with Gasteiger partial charge in [-0.3, -0.25) is 0 Å². The summed E-state index contributed by atoms with van der Waals surface area (Å²) >= 11 is 15.3. The molecule has 0 radical (unpaired) electrons. The molecule has 266 valence electrons. The van der Waals surface area contributed by atoms with Gasteiger partial charge in [-0.05, 0) is 0 Å². The van der Waals surface area contributed by atoms with Gasteiger partial charge in [0.25, 0.3) is 0 Å². The van der Waals surface area contributed by atoms with Gasteiger partial charge in [0.2, 0.25) is 0 Å². The normalized spacial score (nSPS) is 15.4. The van der Waals surface area contributed by atoms with Crippen molar-refractivity contribution in [2.24, 2.45) is 0 Å². The average Bonchev–Trinajstić information content (AvgIpc) is 3.54. The molecule has 0 saturated carbocycles. The van der Waals surface area contributed by atoms with Gasteiger partial charge in [0.05, 0.1) is 0 Å². The van der Waals surface area contributed by atoms with E-state index in [4.69, 9.17) is 23.2 Å². The molecule has 1 aliphatic rings. The zero-order chi connectivity index (χ0) is 35.9. The van der Waals surface area contributed by atoms with E-state index in [1.165, 1.54) is 43.0 Å². The summed E-state index contributed by atoms with van der Waals surface area (Å²) in [7, 11) is -6.93. The molecule has 0 aromatic heterocycles. The van der Waals surface area contributed by atoms with Gasteiger partial charge in [-0.1, -0.05) is 0 Å². The molecule has 0 bridgehead atoms. The van der Waals surface area contributed by atoms with Crippen LogP contribution in [0.3, 0.4) is 0 Å². The molecule has 0 N–H and O–H groups in total. The van der Waals surface area contributed by atoms with Crippen LogP contribution in [-0.2, 0) is 24.4 Å². The third kappa shape index (κ3) is 5.21. The number of rotatable bonds is 8. The molecule has 0 fully saturated rings. The molecule has 0 aliphatic heterocycles. The van der Waals surface area contributed by atoms with Gasteiger partial charge in [-0.15, -0.1) is 0 Å². The molecule has 8 aromatic carbocycles. The summed E-state index contributed by atoms with van der Waals surface area (Å²) in [5, 5.41) is 9.08. The van der Waals surface area contributed by atoms with Crippen molar-refractivity contribution in [3.8, 4) is 11.1 Å². The van der Waals surface area contributed by atoms with Gasteiger partial charge in [-0.2, -0.15) is 0 Å². The van der Waals surface area contributed by atoms with Gasteiger partial charge in [-0.25, -0.2) is 0 Å². The predicted octanol–water partition coefficient (Wildman–Crippen LogP) is 10.6. The van der Waals surface area contributed by atoms with E-state index in [1.807, 2.05) is 6.07 Å². The first kappa shape index (κ1) is 36.8. The summed E-state index contributed by atoms with van der Waals surface area (Å²) in [5.74, 6) is 0. The van der Waals surface area contributed by atoms with E-state index in [1.54, 1.807) is 0 Å². The molecular weight excluding hydrogens is 822 g/mol. The molecule has 54 heavy (non-hydrogen) atoms. The van der Waals surface area contributed by atoms with Crippen LogP contribution in [0.25, 0.3) is 11.1 Å². The Balaban J connectivity index is 0.00000413. The fraction of sp³-hybridized carbons (Fsp3) is 0.0204. The van der Waals surface area contributed by atoms with E-state index < -0.39 is 19.4 Å². The Kier molecular flexibility index (Phi) is 10.3. The number of benzene rings is 8. The molecule has 1 aliphatic carbocycles. The van der Waals surface area contributed by atoms with Crippen molar-refractivity contribution < 1.29 is 19.5 Å². The SMILES string of the molecule is Clc1ccc2c(c1Cl)C([PH](c1ccccc1)(c1ccccc1)c1ccccc1)([PH](c1ccccc1)(c1ccccc1)c1ccccc1)c1ccccc1-2.[Ru]. The fourth-order valence-electron chi connectivity index (χ4n) is 9.81. The fourth-order valence-corrected chi connectivity index (χ4v) is 26.5. The van der Waals surface area contributed by atoms with Crippen molar-refractivity contribution in [3.05, 3.63) is 240 Å². The summed E-state index contributed by atoms with van der Waals surface area (Å²) in [4.78, 5) is -0.748. The predicted molar refractivity (Wildman–Crippen MR) is 236 cm³/mol. The molecule has 0 atom stereocenters. The van der Waals surface area contributed by atoms with Crippen molar-refractivity contribution in [1.29, 1.82) is 0 Å². The molecule has 9 rings (SSSR count). The average molecular weight is 861 g/mol. The van der Waals surface area contributed by atoms with Crippen molar-refractivity contribution in [1.82, 2.24) is 0 Å². The number of hydrogen-bond donors (Lipinski definition) is 0. The van der Waals surface area contributed by atoms with Crippen LogP contribution in [-0.4, -0.2) is 0 Å². The molecule has 0 amide bonds. The van der Waals surface area contributed by atoms with Crippen molar-refractivity contribution in [2.45, 2.75) is 4.90 Å². The number of halogens is 2. The zero-order valence-electron chi connectivity index (χ0n) is 29.4. The van der Waals surface area contributed by atoms with Crippen molar-refractivity contribution >= 4 is 69.6 Å². The van der Waals surface area contributed by atoms with Gasteiger partial charge in [0.15, 0.2) is 0 Å². The molecule has 5 heteroatoms. The maximum atomic E-state index is 7.96. The molecule has 0 nitrogen and oxygen atoms in total.